The van der Waals surface area contributed by atoms with Gasteiger partial charge >= 0.3 is 5.97 Å². The molecule has 3 N–H and O–H groups in total. The van der Waals surface area contributed by atoms with Gasteiger partial charge in [0.05, 0.1) is 23.5 Å². The molecule has 0 radical (unpaired) electrons. The van der Waals surface area contributed by atoms with E-state index in [1.165, 1.54) is 11.3 Å². The summed E-state index contributed by atoms with van der Waals surface area (Å²) < 4.78 is 6.37. The lowest BCUT2D eigenvalue weighted by Crippen LogP contribution is -2.47. The fraction of sp³-hybridized carbons (Fsp3) is 0.556. The van der Waals surface area contributed by atoms with Gasteiger partial charge in [-0.3, -0.25) is 14.5 Å². The number of nitrogens with zero attached hydrogens (tertiary/aromatic N) is 1. The predicted octanol–water partition coefficient (Wildman–Crippen LogP) is 4.88. The minimum atomic E-state index is -1.13. The van der Waals surface area contributed by atoms with Crippen LogP contribution < -0.4 is 4.74 Å². The van der Waals surface area contributed by atoms with E-state index in [0.29, 0.717) is 16.3 Å². The molecule has 2 saturated carbocycles. The number of nitrogens with one attached hydrogen (secondary N) is 1. The van der Waals surface area contributed by atoms with E-state index in [-0.39, 0.29) is 58.8 Å². The number of hydrogen-bond acceptors (Lipinski definition) is 8. The molecule has 2 bridgehead atoms. The molecule has 8 unspecified atom stereocenters. The van der Waals surface area contributed by atoms with Gasteiger partial charge in [-0.1, -0.05) is 19.9 Å². The van der Waals surface area contributed by atoms with Crippen LogP contribution in [0.5, 0.6) is 11.5 Å². The van der Waals surface area contributed by atoms with Crippen molar-refractivity contribution in [2.24, 2.45) is 35.5 Å². The molecule has 2 aromatic rings. The Morgan fingerprint density at radius 3 is 2.61 bits per heavy atom. The number of carboxylic acids is 1. The number of likely N-dealkylation sites (tertiary alicyclic amines) is 1. The first-order valence-corrected chi connectivity index (χ1v) is 15.2. The minimum Gasteiger partial charge on any atom is -0.504 e. The number of benzene rings is 1. The first kappa shape index (κ1) is 25.9. The molecule has 2 aliphatic carbocycles. The summed E-state index contributed by atoms with van der Waals surface area (Å²) in [6.07, 6.45) is 1.01. The molecule has 2 aliphatic heterocycles. The van der Waals surface area contributed by atoms with Crippen molar-refractivity contribution < 1.29 is 29.3 Å². The molecule has 0 spiro atoms. The van der Waals surface area contributed by atoms with Gasteiger partial charge in [0.2, 0.25) is 11.8 Å². The van der Waals surface area contributed by atoms with E-state index in [1.807, 2.05) is 32.9 Å². The summed E-state index contributed by atoms with van der Waals surface area (Å²) in [5.74, 6) is -2.28. The molecule has 38 heavy (non-hydrogen) atoms. The maximum Gasteiger partial charge on any atom is 0.326 e. The van der Waals surface area contributed by atoms with Gasteiger partial charge in [0.1, 0.15) is 6.04 Å². The number of ether oxygens (including phenoxy) is 1. The zero-order chi connectivity index (χ0) is 27.0. The van der Waals surface area contributed by atoms with Crippen molar-refractivity contribution in [3.63, 3.8) is 0 Å². The van der Waals surface area contributed by atoms with Crippen LogP contribution in [0.4, 0.5) is 0 Å². The Morgan fingerprint density at radius 2 is 1.95 bits per heavy atom. The highest BCUT2D eigenvalue weighted by Gasteiger charge is 2.70. The summed E-state index contributed by atoms with van der Waals surface area (Å²) in [5, 5.41) is 21.4. The van der Waals surface area contributed by atoms with Crippen LogP contribution in [0, 0.1) is 39.5 Å². The van der Waals surface area contributed by atoms with E-state index in [0.717, 1.165) is 26.8 Å². The highest BCUT2D eigenvalue weighted by molar-refractivity contribution is 8.00. The second-order valence-corrected chi connectivity index (χ2v) is 14.1. The monoisotopic (exact) mass is 574 g/mol. The Labute approximate surface area is 233 Å². The average Bonchev–Trinajstić information content (AvgIpc) is 3.58. The number of carbonyl (C=O) groups excluding carboxylic acids is 2. The molecule has 6 rings (SSSR count). The molecule has 4 aliphatic rings. The molecule has 8 atom stereocenters. The highest BCUT2D eigenvalue weighted by Crippen LogP contribution is 2.69. The Balaban J connectivity index is 1.42. The summed E-state index contributed by atoms with van der Waals surface area (Å²) in [5.41, 5.74) is 0.981. The largest absolute Gasteiger partial charge is 0.504 e. The maximum absolute atomic E-state index is 13.8. The van der Waals surface area contributed by atoms with Crippen LogP contribution >= 0.6 is 35.3 Å². The summed E-state index contributed by atoms with van der Waals surface area (Å²) in [4.78, 5) is 45.2. The number of hydrogen-bond donors (Lipinski definition) is 3. The fourth-order valence-electron chi connectivity index (χ4n) is 7.48. The molecule has 2 amide bonds. The van der Waals surface area contributed by atoms with Crippen LogP contribution in [0.15, 0.2) is 23.2 Å². The lowest BCUT2D eigenvalue weighted by molar-refractivity contribution is -0.156. The number of phenols is 1. The molecule has 1 aromatic heterocycles. The van der Waals surface area contributed by atoms with Gasteiger partial charge < -0.3 is 19.9 Å². The van der Waals surface area contributed by atoms with Crippen LogP contribution in [0.3, 0.4) is 0 Å². The number of phenolic OH excluding ortho intramolecular Hbond substituents is 1. The van der Waals surface area contributed by atoms with Gasteiger partial charge in [-0.15, -0.1) is 23.1 Å². The number of imide groups is 1. The number of aromatic nitrogens is 1. The minimum absolute atomic E-state index is 0.0176. The number of thioether (sulfide) groups is 1. The normalized spacial score (nSPS) is 31.9. The zero-order valence-corrected chi connectivity index (χ0v) is 23.7. The van der Waals surface area contributed by atoms with Crippen molar-refractivity contribution >= 4 is 53.1 Å². The number of aromatic amines is 1. The van der Waals surface area contributed by atoms with Gasteiger partial charge in [-0.2, -0.15) is 0 Å². The number of H-pyrrole nitrogens is 1. The van der Waals surface area contributed by atoms with E-state index in [4.69, 9.17) is 17.0 Å². The quantitative estimate of drug-likeness (QED) is 0.316. The predicted molar refractivity (Wildman–Crippen MR) is 145 cm³/mol. The summed E-state index contributed by atoms with van der Waals surface area (Å²) in [7, 11) is 0. The number of aromatic hydroxyl groups is 1. The lowest BCUT2D eigenvalue weighted by atomic mass is 9.68. The van der Waals surface area contributed by atoms with Crippen LogP contribution in [0.1, 0.15) is 50.0 Å². The van der Waals surface area contributed by atoms with Crippen LogP contribution in [0.25, 0.3) is 0 Å². The SMILES string of the molecule is CCOc1cc(C2c3sc(=S)[nH]c3SC3C4CC(C5C(=O)N(C(CC(C)C)C(=O)O)C(=O)C45)C23)ccc1O. The third kappa shape index (κ3) is 3.76. The molecule has 1 saturated heterocycles. The van der Waals surface area contributed by atoms with Crippen molar-refractivity contribution in [1.82, 2.24) is 9.88 Å². The first-order chi connectivity index (χ1) is 18.1. The van der Waals surface area contributed by atoms with E-state index >= 15 is 0 Å². The Morgan fingerprint density at radius 1 is 1.24 bits per heavy atom. The standard InChI is InChI=1S/C27H30N2O6S3/c1-4-35-16-8-11(5-6-15(16)30)17-18-12-9-13(21(18)37-23-22(17)38-27(36)28-23)20-19(12)24(31)29(25(20)32)14(26(33)34)7-10(2)3/h5-6,8,10,12-14,17-21,30H,4,7,9H2,1-3H3,(H,28,36)(H,33,34). The van der Waals surface area contributed by atoms with E-state index in [1.54, 1.807) is 17.8 Å². The number of thiazole rings is 1. The molecule has 8 nitrogen and oxygen atoms in total. The average molecular weight is 575 g/mol. The third-order valence-corrected chi connectivity index (χ3v) is 11.6. The topological polar surface area (TPSA) is 120 Å². The number of fused-ring (bicyclic) bond motifs is 9. The molecule has 11 heteroatoms. The molecular weight excluding hydrogens is 545 g/mol. The van der Waals surface area contributed by atoms with Crippen molar-refractivity contribution in [2.75, 3.05) is 6.61 Å². The van der Waals surface area contributed by atoms with Crippen molar-refractivity contribution in [3.8, 4) is 11.5 Å². The second kappa shape index (κ2) is 9.38. The molecular formula is C27H30N2O6S3. The first-order valence-electron chi connectivity index (χ1n) is 13.1. The van der Waals surface area contributed by atoms with Crippen molar-refractivity contribution in [1.29, 1.82) is 0 Å². The van der Waals surface area contributed by atoms with Gasteiger partial charge in [-0.25, -0.2) is 4.79 Å². The Kier molecular flexibility index (Phi) is 6.39. The van der Waals surface area contributed by atoms with Crippen molar-refractivity contribution in [2.45, 2.75) is 55.8 Å². The third-order valence-electron chi connectivity index (χ3n) is 8.69. The number of rotatable bonds is 7. The highest BCUT2D eigenvalue weighted by atomic mass is 32.2. The van der Waals surface area contributed by atoms with Crippen molar-refractivity contribution in [3.05, 3.63) is 32.6 Å². The molecule has 3 heterocycles. The zero-order valence-electron chi connectivity index (χ0n) is 21.2. The number of aliphatic carboxylic acids is 1. The van der Waals surface area contributed by atoms with E-state index in [9.17, 15) is 24.6 Å². The van der Waals surface area contributed by atoms with Gasteiger partial charge in [0, 0.05) is 16.0 Å². The number of carbonyl (C=O) groups is 3. The van der Waals surface area contributed by atoms with E-state index < -0.39 is 23.8 Å². The fourth-order valence-corrected chi connectivity index (χ4v) is 10.8. The summed E-state index contributed by atoms with van der Waals surface area (Å²) in [6, 6.07) is 4.30. The van der Waals surface area contributed by atoms with Crippen LogP contribution in [0.2, 0.25) is 0 Å². The Bertz CT molecular complexity index is 1390. The lowest BCUT2D eigenvalue weighted by Gasteiger charge is -2.43. The molecule has 1 aromatic carbocycles. The summed E-state index contributed by atoms with van der Waals surface area (Å²) in [6.45, 7) is 6.08. The Hall–Kier alpha value is -2.37. The number of carboxylic acid groups (broad SMARTS) is 1. The van der Waals surface area contributed by atoms with Gasteiger partial charge in [0.15, 0.2) is 15.5 Å². The number of amides is 2. The summed E-state index contributed by atoms with van der Waals surface area (Å²) >= 11 is 8.76. The smallest absolute Gasteiger partial charge is 0.326 e. The van der Waals surface area contributed by atoms with E-state index in [2.05, 4.69) is 4.98 Å². The van der Waals surface area contributed by atoms with Gasteiger partial charge in [-0.05, 0) is 73.4 Å². The molecule has 3 fully saturated rings. The second-order valence-electron chi connectivity index (χ2n) is 11.2. The molecule has 202 valence electrons. The maximum atomic E-state index is 13.8. The van der Waals surface area contributed by atoms with Crippen LogP contribution in [-0.2, 0) is 14.4 Å². The van der Waals surface area contributed by atoms with Gasteiger partial charge in [0.25, 0.3) is 0 Å². The van der Waals surface area contributed by atoms with Crippen LogP contribution in [-0.4, -0.2) is 55.8 Å².